The van der Waals surface area contributed by atoms with Gasteiger partial charge < -0.3 is 9.73 Å². The normalized spacial score (nSPS) is 13.7. The molecule has 2 aromatic carbocycles. The number of nitrogens with one attached hydrogen (secondary N) is 2. The zero-order valence-corrected chi connectivity index (χ0v) is 13.2. The highest BCUT2D eigenvalue weighted by molar-refractivity contribution is 5.97. The van der Waals surface area contributed by atoms with Crippen molar-refractivity contribution in [2.75, 3.05) is 5.32 Å². The van der Waals surface area contributed by atoms with Crippen LogP contribution in [0.1, 0.15) is 25.6 Å². The first kappa shape index (κ1) is 15.3. The second-order valence-corrected chi connectivity index (χ2v) is 5.68. The number of hydrogen-bond acceptors (Lipinski definition) is 3. The van der Waals surface area contributed by atoms with Gasteiger partial charge in [0.05, 0.1) is 18.3 Å². The largest absolute Gasteiger partial charge is 0.468 e. The van der Waals surface area contributed by atoms with Crippen LogP contribution in [-0.4, -0.2) is 11.9 Å². The Bertz CT molecular complexity index is 796. The third kappa shape index (κ3) is 3.60. The number of anilines is 1. The zero-order chi connectivity index (χ0) is 16.2. The van der Waals surface area contributed by atoms with Crippen molar-refractivity contribution < 1.29 is 9.21 Å². The molecule has 0 aliphatic heterocycles. The molecule has 0 saturated carbocycles. The first-order chi connectivity index (χ1) is 11.1. The molecule has 0 saturated heterocycles. The van der Waals surface area contributed by atoms with Crippen LogP contribution in [-0.2, 0) is 4.79 Å². The maximum absolute atomic E-state index is 12.3. The van der Waals surface area contributed by atoms with Crippen molar-refractivity contribution in [3.63, 3.8) is 0 Å². The Morgan fingerprint density at radius 3 is 2.52 bits per heavy atom. The third-order valence-electron chi connectivity index (χ3n) is 3.88. The number of carbonyl (C=O) groups excluding carboxylic acids is 1. The fraction of sp³-hybridized carbons (Fsp3) is 0.211. The minimum atomic E-state index is -0.332. The van der Waals surface area contributed by atoms with E-state index in [2.05, 4.69) is 16.7 Å². The van der Waals surface area contributed by atoms with Crippen molar-refractivity contribution in [3.8, 4) is 0 Å². The van der Waals surface area contributed by atoms with E-state index in [1.807, 2.05) is 62.4 Å². The Hall–Kier alpha value is -2.59. The lowest BCUT2D eigenvalue weighted by Gasteiger charge is -2.18. The highest BCUT2D eigenvalue weighted by Gasteiger charge is 2.17. The summed E-state index contributed by atoms with van der Waals surface area (Å²) in [6, 6.07) is 17.4. The van der Waals surface area contributed by atoms with Crippen LogP contribution in [0.5, 0.6) is 0 Å². The van der Waals surface area contributed by atoms with Gasteiger partial charge in [-0.05, 0) is 48.9 Å². The van der Waals surface area contributed by atoms with Crippen LogP contribution in [0.2, 0.25) is 0 Å². The Labute approximate surface area is 135 Å². The fourth-order valence-corrected chi connectivity index (χ4v) is 2.59. The molecule has 4 heteroatoms. The average molecular weight is 308 g/mol. The van der Waals surface area contributed by atoms with Gasteiger partial charge in [0, 0.05) is 5.69 Å². The highest BCUT2D eigenvalue weighted by Crippen LogP contribution is 2.19. The lowest BCUT2D eigenvalue weighted by atomic mass is 10.1. The Morgan fingerprint density at radius 1 is 1.00 bits per heavy atom. The molecule has 0 aliphatic rings. The van der Waals surface area contributed by atoms with E-state index in [1.165, 1.54) is 0 Å². The monoisotopic (exact) mass is 308 g/mol. The van der Waals surface area contributed by atoms with E-state index in [0.29, 0.717) is 0 Å². The van der Waals surface area contributed by atoms with Crippen LogP contribution in [0.25, 0.3) is 10.8 Å². The molecule has 3 rings (SSSR count). The summed E-state index contributed by atoms with van der Waals surface area (Å²) in [6.07, 6.45) is 1.63. The molecular weight excluding hydrogens is 288 g/mol. The lowest BCUT2D eigenvalue weighted by Crippen LogP contribution is -2.39. The van der Waals surface area contributed by atoms with Crippen LogP contribution in [0.15, 0.2) is 65.3 Å². The highest BCUT2D eigenvalue weighted by atomic mass is 16.3. The first-order valence-electron chi connectivity index (χ1n) is 7.72. The minimum absolute atomic E-state index is 0.0256. The van der Waals surface area contributed by atoms with E-state index in [1.54, 1.807) is 6.26 Å². The quantitative estimate of drug-likeness (QED) is 0.746. The second kappa shape index (κ2) is 6.67. The predicted molar refractivity (Wildman–Crippen MR) is 92.3 cm³/mol. The number of fused-ring (bicyclic) bond motifs is 1. The van der Waals surface area contributed by atoms with Gasteiger partial charge >= 0.3 is 0 Å². The van der Waals surface area contributed by atoms with Crippen molar-refractivity contribution >= 4 is 22.4 Å². The van der Waals surface area contributed by atoms with Crippen molar-refractivity contribution in [1.29, 1.82) is 0 Å². The van der Waals surface area contributed by atoms with Gasteiger partial charge in [-0.2, -0.15) is 0 Å². The Morgan fingerprint density at radius 2 is 1.78 bits per heavy atom. The van der Waals surface area contributed by atoms with E-state index in [-0.39, 0.29) is 18.0 Å². The van der Waals surface area contributed by atoms with Gasteiger partial charge in [0.1, 0.15) is 5.76 Å². The summed E-state index contributed by atoms with van der Waals surface area (Å²) < 4.78 is 5.35. The summed E-state index contributed by atoms with van der Waals surface area (Å²) in [5.74, 6) is 0.744. The fourth-order valence-electron chi connectivity index (χ4n) is 2.59. The summed E-state index contributed by atoms with van der Waals surface area (Å²) in [5, 5.41) is 8.45. The second-order valence-electron chi connectivity index (χ2n) is 5.68. The van der Waals surface area contributed by atoms with Gasteiger partial charge in [0.15, 0.2) is 0 Å². The molecule has 1 heterocycles. The molecule has 0 unspecified atom stereocenters. The molecule has 0 fully saturated rings. The van der Waals surface area contributed by atoms with Crippen molar-refractivity contribution in [2.45, 2.75) is 25.9 Å². The number of amides is 1. The molecule has 2 atom stereocenters. The smallest absolute Gasteiger partial charge is 0.241 e. The molecule has 0 radical (unpaired) electrons. The van der Waals surface area contributed by atoms with Crippen molar-refractivity contribution in [1.82, 2.24) is 5.32 Å². The van der Waals surface area contributed by atoms with E-state index in [0.717, 1.165) is 22.2 Å². The van der Waals surface area contributed by atoms with Gasteiger partial charge in [0.25, 0.3) is 0 Å². The summed E-state index contributed by atoms with van der Waals surface area (Å²) in [5.41, 5.74) is 0.799. The molecule has 118 valence electrons. The topological polar surface area (TPSA) is 54.3 Å². The molecule has 23 heavy (non-hydrogen) atoms. The molecule has 1 aromatic heterocycles. The van der Waals surface area contributed by atoms with Gasteiger partial charge in [-0.3, -0.25) is 10.1 Å². The summed E-state index contributed by atoms with van der Waals surface area (Å²) in [7, 11) is 0. The summed E-state index contributed by atoms with van der Waals surface area (Å²) in [6.45, 7) is 3.81. The lowest BCUT2D eigenvalue weighted by molar-refractivity contribution is -0.118. The number of carbonyl (C=O) groups is 1. The van der Waals surface area contributed by atoms with Gasteiger partial charge in [-0.15, -0.1) is 0 Å². The van der Waals surface area contributed by atoms with Gasteiger partial charge in [0.2, 0.25) is 5.91 Å². The minimum Gasteiger partial charge on any atom is -0.468 e. The van der Waals surface area contributed by atoms with E-state index < -0.39 is 0 Å². The van der Waals surface area contributed by atoms with E-state index >= 15 is 0 Å². The molecule has 4 nitrogen and oxygen atoms in total. The maximum atomic E-state index is 12.3. The molecule has 2 N–H and O–H groups in total. The number of hydrogen-bond donors (Lipinski definition) is 2. The Balaban J connectivity index is 1.65. The summed E-state index contributed by atoms with van der Waals surface area (Å²) >= 11 is 0. The average Bonchev–Trinajstić information content (AvgIpc) is 3.09. The number of furan rings is 1. The van der Waals surface area contributed by atoms with Gasteiger partial charge in [-0.1, -0.05) is 30.3 Å². The van der Waals surface area contributed by atoms with E-state index in [4.69, 9.17) is 4.42 Å². The molecule has 0 bridgehead atoms. The molecular formula is C19H20N2O2. The van der Waals surface area contributed by atoms with Crippen LogP contribution < -0.4 is 10.6 Å². The maximum Gasteiger partial charge on any atom is 0.241 e. The molecule has 1 amide bonds. The molecule has 0 aliphatic carbocycles. The van der Waals surface area contributed by atoms with E-state index in [9.17, 15) is 4.79 Å². The molecule has 0 spiro atoms. The van der Waals surface area contributed by atoms with Crippen LogP contribution >= 0.6 is 0 Å². The predicted octanol–water partition coefficient (Wildman–Crippen LogP) is 4.11. The summed E-state index contributed by atoms with van der Waals surface area (Å²) in [4.78, 5) is 12.3. The van der Waals surface area contributed by atoms with Crippen molar-refractivity contribution in [2.24, 2.45) is 0 Å². The van der Waals surface area contributed by atoms with Crippen LogP contribution in [0, 0.1) is 0 Å². The van der Waals surface area contributed by atoms with Crippen molar-refractivity contribution in [3.05, 3.63) is 66.6 Å². The zero-order valence-electron chi connectivity index (χ0n) is 13.2. The Kier molecular flexibility index (Phi) is 4.44. The van der Waals surface area contributed by atoms with Crippen LogP contribution in [0.4, 0.5) is 5.69 Å². The number of rotatable bonds is 5. The first-order valence-corrected chi connectivity index (χ1v) is 7.72. The SMILES string of the molecule is C[C@@H](N[C@H](C)c1ccco1)C(=O)Nc1ccc2ccccc2c1. The van der Waals surface area contributed by atoms with Crippen LogP contribution in [0.3, 0.4) is 0 Å². The van der Waals surface area contributed by atoms with Gasteiger partial charge in [-0.25, -0.2) is 0 Å². The standard InChI is InChI=1S/C19H20N2O2/c1-13(18-8-5-11-23-18)20-14(2)19(22)21-17-10-9-15-6-3-4-7-16(15)12-17/h3-14,20H,1-2H3,(H,21,22)/t13-,14-/m1/s1. The molecule has 3 aromatic rings. The number of benzene rings is 2. The third-order valence-corrected chi connectivity index (χ3v) is 3.88.